The molecule has 2 fully saturated rings. The van der Waals surface area contributed by atoms with E-state index in [0.717, 1.165) is 19.0 Å². The van der Waals surface area contributed by atoms with Crippen LogP contribution in [0.25, 0.3) is 0 Å². The molecule has 0 unspecified atom stereocenters. The highest BCUT2D eigenvalue weighted by Crippen LogP contribution is 2.20. The molecule has 2 aliphatic heterocycles. The molecule has 0 aliphatic carbocycles. The lowest BCUT2D eigenvalue weighted by Gasteiger charge is -2.33. The molecule has 0 saturated carbocycles. The summed E-state index contributed by atoms with van der Waals surface area (Å²) in [4.78, 5) is 13.6. The van der Waals surface area contributed by atoms with Crippen molar-refractivity contribution >= 4 is 5.91 Å². The largest absolute Gasteiger partial charge is 0.303 e. The van der Waals surface area contributed by atoms with E-state index in [4.69, 9.17) is 0 Å². The van der Waals surface area contributed by atoms with Gasteiger partial charge in [0.15, 0.2) is 0 Å². The van der Waals surface area contributed by atoms with E-state index in [2.05, 4.69) is 15.3 Å². The fourth-order valence-corrected chi connectivity index (χ4v) is 3.10. The van der Waals surface area contributed by atoms with Crippen LogP contribution in [-0.4, -0.2) is 48.5 Å². The average Bonchev–Trinajstić information content (AvgIpc) is 2.38. The fraction of sp³-hybridized carbons (Fsp3) is 0.929. The number of hydrogen-bond acceptors (Lipinski definition) is 3. The van der Waals surface area contributed by atoms with Gasteiger partial charge < -0.3 is 4.90 Å². The van der Waals surface area contributed by atoms with Crippen LogP contribution >= 0.6 is 0 Å². The Labute approximate surface area is 111 Å². The monoisotopic (exact) mass is 253 g/mol. The van der Waals surface area contributed by atoms with E-state index in [9.17, 15) is 4.79 Å². The maximum Gasteiger partial charge on any atom is 0.231 e. The molecule has 1 amide bonds. The minimum absolute atomic E-state index is 0.0572. The Bertz CT molecular complexity index is 256. The van der Waals surface area contributed by atoms with Crippen LogP contribution < -0.4 is 5.43 Å². The first-order valence-corrected chi connectivity index (χ1v) is 7.48. The zero-order chi connectivity index (χ0) is 12.8. The summed E-state index contributed by atoms with van der Waals surface area (Å²) in [6.45, 7) is 7.53. The predicted octanol–water partition coefficient (Wildman–Crippen LogP) is 1.63. The smallest absolute Gasteiger partial charge is 0.231 e. The van der Waals surface area contributed by atoms with Crippen molar-refractivity contribution in [2.75, 3.05) is 32.7 Å². The number of rotatable bonds is 4. The highest BCUT2D eigenvalue weighted by Gasteiger charge is 2.20. The van der Waals surface area contributed by atoms with Gasteiger partial charge in [0.2, 0.25) is 5.91 Å². The topological polar surface area (TPSA) is 35.6 Å². The standard InChI is InChI=1S/C14H27N3O/c1-13(18)15-17-11-6-14(7-12-17)5-10-16-8-3-2-4-9-16/h14H,2-12H2,1H3,(H,15,18). The van der Waals surface area contributed by atoms with Crippen LogP contribution in [0.1, 0.15) is 45.4 Å². The molecule has 0 aromatic carbocycles. The molecule has 2 rings (SSSR count). The minimum atomic E-state index is 0.0572. The van der Waals surface area contributed by atoms with Crippen molar-refractivity contribution in [3.05, 3.63) is 0 Å². The number of carbonyl (C=O) groups excluding carboxylic acids is 1. The van der Waals surface area contributed by atoms with E-state index in [-0.39, 0.29) is 5.91 Å². The Hall–Kier alpha value is -0.610. The van der Waals surface area contributed by atoms with Crippen LogP contribution in [0.3, 0.4) is 0 Å². The van der Waals surface area contributed by atoms with E-state index in [1.807, 2.05) is 0 Å². The van der Waals surface area contributed by atoms with Gasteiger partial charge in [0.25, 0.3) is 0 Å². The van der Waals surface area contributed by atoms with E-state index >= 15 is 0 Å². The molecule has 104 valence electrons. The molecule has 4 heteroatoms. The zero-order valence-corrected chi connectivity index (χ0v) is 11.7. The molecule has 4 nitrogen and oxygen atoms in total. The molecule has 0 aromatic rings. The van der Waals surface area contributed by atoms with Crippen LogP contribution in [0, 0.1) is 5.92 Å². The predicted molar refractivity (Wildman–Crippen MR) is 73.0 cm³/mol. The Morgan fingerprint density at radius 1 is 1.11 bits per heavy atom. The van der Waals surface area contributed by atoms with Crippen LogP contribution in [0.2, 0.25) is 0 Å². The van der Waals surface area contributed by atoms with Crippen LogP contribution in [0.5, 0.6) is 0 Å². The quantitative estimate of drug-likeness (QED) is 0.827. The van der Waals surface area contributed by atoms with E-state index < -0.39 is 0 Å². The van der Waals surface area contributed by atoms with Gasteiger partial charge in [0.1, 0.15) is 0 Å². The van der Waals surface area contributed by atoms with Crippen molar-refractivity contribution in [1.29, 1.82) is 0 Å². The summed E-state index contributed by atoms with van der Waals surface area (Å²) < 4.78 is 0. The molecule has 2 aliphatic rings. The van der Waals surface area contributed by atoms with Gasteiger partial charge in [-0.1, -0.05) is 6.42 Å². The number of nitrogens with one attached hydrogen (secondary N) is 1. The third-order valence-corrected chi connectivity index (χ3v) is 4.23. The van der Waals surface area contributed by atoms with Crippen LogP contribution in [-0.2, 0) is 4.79 Å². The zero-order valence-electron chi connectivity index (χ0n) is 11.7. The van der Waals surface area contributed by atoms with Crippen molar-refractivity contribution in [2.45, 2.75) is 45.4 Å². The lowest BCUT2D eigenvalue weighted by Crippen LogP contribution is -2.46. The Morgan fingerprint density at radius 3 is 2.39 bits per heavy atom. The van der Waals surface area contributed by atoms with Gasteiger partial charge in [-0.3, -0.25) is 10.2 Å². The third kappa shape index (κ3) is 4.58. The number of piperidine rings is 2. The molecule has 1 N–H and O–H groups in total. The van der Waals surface area contributed by atoms with Gasteiger partial charge in [-0.2, -0.15) is 0 Å². The molecule has 0 spiro atoms. The number of amides is 1. The summed E-state index contributed by atoms with van der Waals surface area (Å²) in [5.41, 5.74) is 2.89. The van der Waals surface area contributed by atoms with Gasteiger partial charge in [0, 0.05) is 20.0 Å². The Kier molecular flexibility index (Phi) is 5.45. The Balaban J connectivity index is 1.59. The average molecular weight is 253 g/mol. The summed E-state index contributed by atoms with van der Waals surface area (Å²) in [6, 6.07) is 0. The van der Waals surface area contributed by atoms with Crippen LogP contribution in [0.15, 0.2) is 0 Å². The summed E-state index contributed by atoms with van der Waals surface area (Å²) >= 11 is 0. The summed E-state index contributed by atoms with van der Waals surface area (Å²) in [5, 5.41) is 2.07. The lowest BCUT2D eigenvalue weighted by molar-refractivity contribution is -0.124. The highest BCUT2D eigenvalue weighted by atomic mass is 16.2. The summed E-state index contributed by atoms with van der Waals surface area (Å²) in [6.07, 6.45) is 8.00. The molecule has 18 heavy (non-hydrogen) atoms. The number of carbonyl (C=O) groups is 1. The highest BCUT2D eigenvalue weighted by molar-refractivity contribution is 5.72. The maximum atomic E-state index is 11.0. The molecule has 0 radical (unpaired) electrons. The number of likely N-dealkylation sites (tertiary alicyclic amines) is 1. The number of hydrazine groups is 1. The normalized spacial score (nSPS) is 24.1. The van der Waals surface area contributed by atoms with E-state index in [1.165, 1.54) is 58.2 Å². The van der Waals surface area contributed by atoms with Crippen molar-refractivity contribution in [1.82, 2.24) is 15.3 Å². The summed E-state index contributed by atoms with van der Waals surface area (Å²) in [7, 11) is 0. The maximum absolute atomic E-state index is 11.0. The van der Waals surface area contributed by atoms with Crippen LogP contribution in [0.4, 0.5) is 0 Å². The molecule has 2 heterocycles. The fourth-order valence-electron chi connectivity index (χ4n) is 3.10. The number of hydrogen-bond donors (Lipinski definition) is 1. The molecule has 2 saturated heterocycles. The van der Waals surface area contributed by atoms with Crippen molar-refractivity contribution in [3.8, 4) is 0 Å². The summed E-state index contributed by atoms with van der Waals surface area (Å²) in [5.74, 6) is 0.915. The second-order valence-corrected chi connectivity index (χ2v) is 5.79. The van der Waals surface area contributed by atoms with Crippen molar-refractivity contribution in [2.24, 2.45) is 5.92 Å². The van der Waals surface area contributed by atoms with Crippen molar-refractivity contribution in [3.63, 3.8) is 0 Å². The first-order valence-electron chi connectivity index (χ1n) is 7.48. The molecular formula is C14H27N3O. The minimum Gasteiger partial charge on any atom is -0.303 e. The van der Waals surface area contributed by atoms with E-state index in [1.54, 1.807) is 6.92 Å². The number of nitrogens with zero attached hydrogens (tertiary/aromatic N) is 2. The second kappa shape index (κ2) is 7.10. The SMILES string of the molecule is CC(=O)NN1CCC(CCN2CCCCC2)CC1. The van der Waals surface area contributed by atoms with Crippen molar-refractivity contribution < 1.29 is 4.79 Å². The molecular weight excluding hydrogens is 226 g/mol. The third-order valence-electron chi connectivity index (χ3n) is 4.23. The van der Waals surface area contributed by atoms with Gasteiger partial charge in [-0.25, -0.2) is 5.01 Å². The first kappa shape index (κ1) is 13.8. The Morgan fingerprint density at radius 2 is 1.78 bits per heavy atom. The van der Waals surface area contributed by atoms with Gasteiger partial charge in [0.05, 0.1) is 0 Å². The molecule has 0 bridgehead atoms. The second-order valence-electron chi connectivity index (χ2n) is 5.79. The molecule has 0 atom stereocenters. The van der Waals surface area contributed by atoms with Gasteiger partial charge in [-0.05, 0) is 57.7 Å². The molecule has 0 aromatic heterocycles. The van der Waals surface area contributed by atoms with Gasteiger partial charge in [-0.15, -0.1) is 0 Å². The van der Waals surface area contributed by atoms with E-state index in [0.29, 0.717) is 0 Å². The lowest BCUT2D eigenvalue weighted by atomic mass is 9.94. The van der Waals surface area contributed by atoms with Gasteiger partial charge >= 0.3 is 0 Å². The first-order chi connectivity index (χ1) is 8.74.